The first-order valence-electron chi connectivity index (χ1n) is 8.37. The van der Waals surface area contributed by atoms with Crippen molar-refractivity contribution in [2.24, 2.45) is 5.41 Å². The number of aliphatic hydroxyl groups is 1. The van der Waals surface area contributed by atoms with E-state index in [0.29, 0.717) is 6.54 Å². The maximum Gasteiger partial charge on any atom is 0.129 e. The molecule has 1 saturated heterocycles. The Morgan fingerprint density at radius 3 is 2.68 bits per heavy atom. The third-order valence-corrected chi connectivity index (χ3v) is 4.48. The first-order chi connectivity index (χ1) is 10.5. The molecule has 0 bridgehead atoms. The van der Waals surface area contributed by atoms with Crippen molar-refractivity contribution < 1.29 is 9.50 Å². The molecule has 0 aliphatic carbocycles. The number of benzene rings is 1. The van der Waals surface area contributed by atoms with Gasteiger partial charge in [-0.2, -0.15) is 0 Å². The highest BCUT2D eigenvalue weighted by molar-refractivity contribution is 5.54. The van der Waals surface area contributed by atoms with Crippen LogP contribution in [0.15, 0.2) is 18.2 Å². The molecule has 0 saturated carbocycles. The average molecular weight is 308 g/mol. The summed E-state index contributed by atoms with van der Waals surface area (Å²) < 4.78 is 14.2. The Morgan fingerprint density at radius 2 is 2.00 bits per heavy atom. The molecule has 0 aromatic heterocycles. The van der Waals surface area contributed by atoms with Gasteiger partial charge in [0.15, 0.2) is 0 Å². The lowest BCUT2D eigenvalue weighted by Gasteiger charge is -2.23. The van der Waals surface area contributed by atoms with E-state index in [1.807, 2.05) is 6.07 Å². The van der Waals surface area contributed by atoms with Gasteiger partial charge in [0.2, 0.25) is 0 Å². The number of hydrogen-bond donors (Lipinski definition) is 2. The summed E-state index contributed by atoms with van der Waals surface area (Å²) in [6.07, 6.45) is 4.34. The van der Waals surface area contributed by atoms with Crippen LogP contribution in [0.25, 0.3) is 0 Å². The Balaban J connectivity index is 1.87. The molecule has 3 nitrogen and oxygen atoms in total. The van der Waals surface area contributed by atoms with E-state index in [1.54, 1.807) is 12.1 Å². The molecule has 1 fully saturated rings. The zero-order valence-corrected chi connectivity index (χ0v) is 13.9. The van der Waals surface area contributed by atoms with Gasteiger partial charge < -0.3 is 15.3 Å². The van der Waals surface area contributed by atoms with Gasteiger partial charge in [-0.25, -0.2) is 4.39 Å². The SMILES string of the molecule is CC(C)(CO)CCCNCc1c(F)cccc1N1CCCC1. The molecular weight excluding hydrogens is 279 g/mol. The molecule has 124 valence electrons. The molecule has 1 aromatic rings. The quantitative estimate of drug-likeness (QED) is 0.723. The number of aliphatic hydroxyl groups excluding tert-OH is 1. The summed E-state index contributed by atoms with van der Waals surface area (Å²) >= 11 is 0. The third kappa shape index (κ3) is 4.68. The highest BCUT2D eigenvalue weighted by Crippen LogP contribution is 2.26. The van der Waals surface area contributed by atoms with Crippen LogP contribution in [-0.4, -0.2) is 31.3 Å². The standard InChI is InChI=1S/C18H29FN2O/c1-18(2,14-22)9-6-10-20-13-15-16(19)7-5-8-17(15)21-11-3-4-12-21/h5,7-8,20,22H,3-4,6,9-14H2,1-2H3. The summed E-state index contributed by atoms with van der Waals surface area (Å²) in [5.74, 6) is -0.118. The van der Waals surface area contributed by atoms with E-state index in [9.17, 15) is 9.50 Å². The Hall–Kier alpha value is -1.13. The highest BCUT2D eigenvalue weighted by Gasteiger charge is 2.18. The molecule has 2 rings (SSSR count). The molecule has 1 aliphatic rings. The Morgan fingerprint density at radius 1 is 1.27 bits per heavy atom. The van der Waals surface area contributed by atoms with E-state index in [4.69, 9.17) is 0 Å². The topological polar surface area (TPSA) is 35.5 Å². The monoisotopic (exact) mass is 308 g/mol. The van der Waals surface area contributed by atoms with Crippen LogP contribution in [0.5, 0.6) is 0 Å². The number of anilines is 1. The number of hydrogen-bond acceptors (Lipinski definition) is 3. The minimum Gasteiger partial charge on any atom is -0.396 e. The molecule has 0 radical (unpaired) electrons. The number of halogens is 1. The maximum absolute atomic E-state index is 14.2. The summed E-state index contributed by atoms with van der Waals surface area (Å²) in [4.78, 5) is 2.29. The van der Waals surface area contributed by atoms with Crippen molar-refractivity contribution in [2.45, 2.75) is 46.1 Å². The van der Waals surface area contributed by atoms with Crippen LogP contribution in [0.2, 0.25) is 0 Å². The third-order valence-electron chi connectivity index (χ3n) is 4.48. The van der Waals surface area contributed by atoms with Gasteiger partial charge in [0.25, 0.3) is 0 Å². The van der Waals surface area contributed by atoms with Crippen LogP contribution < -0.4 is 10.2 Å². The normalized spacial score (nSPS) is 15.5. The zero-order valence-electron chi connectivity index (χ0n) is 13.9. The number of nitrogens with zero attached hydrogens (tertiary/aromatic N) is 1. The Kier molecular flexibility index (Phi) is 6.21. The molecule has 22 heavy (non-hydrogen) atoms. The van der Waals surface area contributed by atoms with Crippen molar-refractivity contribution in [3.8, 4) is 0 Å². The predicted octanol–water partition coefficient (Wildman–Crippen LogP) is 3.31. The molecule has 1 aliphatic heterocycles. The van der Waals surface area contributed by atoms with Crippen molar-refractivity contribution in [1.82, 2.24) is 5.32 Å². The van der Waals surface area contributed by atoms with Gasteiger partial charge in [-0.1, -0.05) is 19.9 Å². The van der Waals surface area contributed by atoms with Crippen LogP contribution >= 0.6 is 0 Å². The fourth-order valence-electron chi connectivity index (χ4n) is 2.96. The fourth-order valence-corrected chi connectivity index (χ4v) is 2.96. The second-order valence-corrected chi connectivity index (χ2v) is 7.03. The minimum atomic E-state index is -0.118. The Labute approximate surface area is 133 Å². The van der Waals surface area contributed by atoms with E-state index in [-0.39, 0.29) is 17.8 Å². The fraction of sp³-hybridized carbons (Fsp3) is 0.667. The lowest BCUT2D eigenvalue weighted by atomic mass is 9.89. The smallest absolute Gasteiger partial charge is 0.129 e. The average Bonchev–Trinajstić information content (AvgIpc) is 3.02. The van der Waals surface area contributed by atoms with Crippen molar-refractivity contribution in [1.29, 1.82) is 0 Å². The first kappa shape index (κ1) is 17.2. The van der Waals surface area contributed by atoms with Gasteiger partial charge in [-0.3, -0.25) is 0 Å². The maximum atomic E-state index is 14.2. The molecule has 2 N–H and O–H groups in total. The van der Waals surface area contributed by atoms with Crippen LogP contribution in [0.3, 0.4) is 0 Å². The molecule has 0 amide bonds. The molecule has 0 atom stereocenters. The lowest BCUT2D eigenvalue weighted by Crippen LogP contribution is -2.24. The molecular formula is C18H29FN2O. The number of rotatable bonds is 8. The van der Waals surface area contributed by atoms with Gasteiger partial charge in [-0.15, -0.1) is 0 Å². The molecule has 0 spiro atoms. The van der Waals surface area contributed by atoms with Crippen molar-refractivity contribution >= 4 is 5.69 Å². The lowest BCUT2D eigenvalue weighted by molar-refractivity contribution is 0.148. The van der Waals surface area contributed by atoms with Crippen LogP contribution in [0.4, 0.5) is 10.1 Å². The summed E-state index contributed by atoms with van der Waals surface area (Å²) in [5, 5.41) is 12.6. The van der Waals surface area contributed by atoms with Gasteiger partial charge in [-0.05, 0) is 49.8 Å². The van der Waals surface area contributed by atoms with Gasteiger partial charge in [0, 0.05) is 37.5 Å². The second-order valence-electron chi connectivity index (χ2n) is 7.03. The van der Waals surface area contributed by atoms with E-state index < -0.39 is 0 Å². The molecule has 1 heterocycles. The molecule has 0 unspecified atom stereocenters. The summed E-state index contributed by atoms with van der Waals surface area (Å²) in [6, 6.07) is 5.38. The summed E-state index contributed by atoms with van der Waals surface area (Å²) in [7, 11) is 0. The summed E-state index contributed by atoms with van der Waals surface area (Å²) in [5.41, 5.74) is 1.80. The van der Waals surface area contributed by atoms with Gasteiger partial charge >= 0.3 is 0 Å². The van der Waals surface area contributed by atoms with Crippen LogP contribution in [-0.2, 0) is 6.54 Å². The largest absolute Gasteiger partial charge is 0.396 e. The van der Waals surface area contributed by atoms with Gasteiger partial charge in [0.1, 0.15) is 5.82 Å². The molecule has 1 aromatic carbocycles. The van der Waals surface area contributed by atoms with E-state index >= 15 is 0 Å². The van der Waals surface area contributed by atoms with Gasteiger partial charge in [0.05, 0.1) is 0 Å². The van der Waals surface area contributed by atoms with Crippen molar-refractivity contribution in [2.75, 3.05) is 31.1 Å². The number of nitrogens with one attached hydrogen (secondary N) is 1. The Bertz CT molecular complexity index is 470. The molecule has 4 heteroatoms. The highest BCUT2D eigenvalue weighted by atomic mass is 19.1. The van der Waals surface area contributed by atoms with Crippen molar-refractivity contribution in [3.63, 3.8) is 0 Å². The second kappa shape index (κ2) is 7.93. The minimum absolute atomic E-state index is 0.0274. The van der Waals surface area contributed by atoms with E-state index in [0.717, 1.165) is 43.7 Å². The van der Waals surface area contributed by atoms with E-state index in [2.05, 4.69) is 24.1 Å². The predicted molar refractivity (Wildman–Crippen MR) is 89.7 cm³/mol. The van der Waals surface area contributed by atoms with Crippen molar-refractivity contribution in [3.05, 3.63) is 29.6 Å². The zero-order chi connectivity index (χ0) is 16.0. The van der Waals surface area contributed by atoms with E-state index in [1.165, 1.54) is 12.8 Å². The first-order valence-corrected chi connectivity index (χ1v) is 8.37. The van der Waals surface area contributed by atoms with Crippen LogP contribution in [0.1, 0.15) is 45.1 Å². The summed E-state index contributed by atoms with van der Waals surface area (Å²) in [6.45, 7) is 7.81. The van der Waals surface area contributed by atoms with Crippen LogP contribution in [0, 0.1) is 11.2 Å².